The summed E-state index contributed by atoms with van der Waals surface area (Å²) in [5.41, 5.74) is 21.0. The van der Waals surface area contributed by atoms with Crippen LogP contribution < -0.4 is 44.2 Å². The van der Waals surface area contributed by atoms with Crippen molar-refractivity contribution in [2.75, 3.05) is 26.7 Å². The fourth-order valence-corrected chi connectivity index (χ4v) is 2.50. The molecule has 0 spiro atoms. The Balaban J connectivity index is 4.79. The lowest BCUT2D eigenvalue weighted by atomic mass is 10.1. The number of hydrogen-bond donors (Lipinski definition) is 8. The van der Waals surface area contributed by atoms with Gasteiger partial charge in [0.15, 0.2) is 11.9 Å². The van der Waals surface area contributed by atoms with Gasteiger partial charge in [-0.25, -0.2) is 0 Å². The van der Waals surface area contributed by atoms with Crippen molar-refractivity contribution in [1.29, 1.82) is 0 Å². The first-order valence-corrected chi connectivity index (χ1v) is 9.77. The predicted octanol–water partition coefficient (Wildman–Crippen LogP) is -4.44. The number of nitrogens with zero attached hydrogens (tertiary/aromatic N) is 2. The Morgan fingerprint density at radius 2 is 1.47 bits per heavy atom. The minimum Gasteiger partial charge on any atom is -0.370 e. The van der Waals surface area contributed by atoms with Crippen molar-refractivity contribution in [2.24, 2.45) is 32.9 Å². The Bertz CT molecular complexity index is 751. The number of ketones is 1. The highest BCUT2D eigenvalue weighted by atomic mass is 16.2. The lowest BCUT2D eigenvalue weighted by Gasteiger charge is -2.18. The smallest absolute Gasteiger partial charge is 0.301 e. The number of likely N-dealkylation sites (N-methyl/N-ethyl adjacent to an activating group) is 1. The van der Waals surface area contributed by atoms with Crippen molar-refractivity contribution >= 4 is 35.4 Å². The molecule has 14 heteroatoms. The number of amides is 3. The van der Waals surface area contributed by atoms with Crippen LogP contribution in [0.1, 0.15) is 25.7 Å². The summed E-state index contributed by atoms with van der Waals surface area (Å²) in [6.45, 7) is 0.149. The molecule has 0 fully saturated rings. The van der Waals surface area contributed by atoms with Crippen molar-refractivity contribution in [1.82, 2.24) is 21.3 Å². The molecule has 0 saturated carbocycles. The zero-order valence-electron chi connectivity index (χ0n) is 18.0. The van der Waals surface area contributed by atoms with Gasteiger partial charge in [0.1, 0.15) is 0 Å². The molecule has 0 aliphatic carbocycles. The Labute approximate surface area is 186 Å². The van der Waals surface area contributed by atoms with E-state index >= 15 is 0 Å². The van der Waals surface area contributed by atoms with Gasteiger partial charge in [-0.3, -0.25) is 34.5 Å². The van der Waals surface area contributed by atoms with Crippen LogP contribution in [0.15, 0.2) is 9.98 Å². The molecular weight excluding hydrogens is 420 g/mol. The lowest BCUT2D eigenvalue weighted by Crippen LogP contribution is -2.51. The van der Waals surface area contributed by atoms with Gasteiger partial charge in [0.05, 0.1) is 18.6 Å². The monoisotopic (exact) mass is 452 g/mol. The van der Waals surface area contributed by atoms with E-state index in [1.54, 1.807) is 7.05 Å². The van der Waals surface area contributed by atoms with Crippen molar-refractivity contribution in [3.8, 4) is 12.5 Å². The number of carbonyl (C=O) groups excluding carboxylic acids is 4. The molecule has 12 N–H and O–H groups in total. The average Bonchev–Trinajstić information content (AvgIpc) is 2.73. The largest absolute Gasteiger partial charge is 0.370 e. The highest BCUT2D eigenvalue weighted by Gasteiger charge is 2.26. The lowest BCUT2D eigenvalue weighted by molar-refractivity contribution is -0.139. The molecule has 32 heavy (non-hydrogen) atoms. The van der Waals surface area contributed by atoms with Crippen LogP contribution in [-0.2, 0) is 19.2 Å². The second-order valence-corrected chi connectivity index (χ2v) is 6.54. The average molecular weight is 453 g/mol. The molecule has 3 amide bonds. The molecule has 0 aromatic carbocycles. The van der Waals surface area contributed by atoms with E-state index in [1.165, 1.54) is 0 Å². The summed E-state index contributed by atoms with van der Waals surface area (Å²) < 4.78 is 0. The number of terminal acetylenes is 1. The van der Waals surface area contributed by atoms with E-state index in [1.807, 2.05) is 11.4 Å². The Morgan fingerprint density at radius 3 is 1.94 bits per heavy atom. The van der Waals surface area contributed by atoms with E-state index in [9.17, 15) is 19.2 Å². The summed E-state index contributed by atoms with van der Waals surface area (Å²) in [7, 11) is 1.60. The van der Waals surface area contributed by atoms with E-state index in [0.29, 0.717) is 25.8 Å². The fraction of sp³-hybridized carbons (Fsp3) is 0.556. The topological polar surface area (TPSA) is 245 Å². The van der Waals surface area contributed by atoms with Gasteiger partial charge in [0.25, 0.3) is 0 Å². The maximum Gasteiger partial charge on any atom is 0.301 e. The van der Waals surface area contributed by atoms with Gasteiger partial charge in [0.2, 0.25) is 17.6 Å². The first kappa shape index (κ1) is 28.1. The third kappa shape index (κ3) is 12.6. The van der Waals surface area contributed by atoms with Gasteiger partial charge in [-0.1, -0.05) is 6.42 Å². The highest BCUT2D eigenvalue weighted by Crippen LogP contribution is 2.01. The standard InChI is InChI=1S/C18H32N10O4/c1-3-24-16(32)14(30)11(6-4-8-25-17(19)20)28-13(29)10-27-15(31)12(23-2)7-5-9-26-18(21)22/h1,11-12,23H,4-10H2,2H3,(H,24,32)(H,27,31)(H,28,29)(H4,19,20,25)(H4,21,22,26). The van der Waals surface area contributed by atoms with Gasteiger partial charge in [-0.05, 0) is 32.7 Å². The Morgan fingerprint density at radius 1 is 0.938 bits per heavy atom. The quantitative estimate of drug-likeness (QED) is 0.0298. The van der Waals surface area contributed by atoms with Crippen LogP contribution in [0, 0.1) is 12.5 Å². The van der Waals surface area contributed by atoms with Gasteiger partial charge in [-0.15, -0.1) is 0 Å². The molecule has 0 aliphatic heterocycles. The van der Waals surface area contributed by atoms with Crippen molar-refractivity contribution in [3.05, 3.63) is 0 Å². The second kappa shape index (κ2) is 15.9. The van der Waals surface area contributed by atoms with Crippen LogP contribution in [0.25, 0.3) is 0 Å². The minimum absolute atomic E-state index is 0.0366. The van der Waals surface area contributed by atoms with Gasteiger partial charge in [0, 0.05) is 19.1 Å². The molecule has 0 saturated heterocycles. The number of carbonyl (C=O) groups is 4. The molecule has 2 unspecified atom stereocenters. The maximum absolute atomic E-state index is 12.3. The molecule has 0 aromatic rings. The molecular formula is C18H32N10O4. The van der Waals surface area contributed by atoms with E-state index in [4.69, 9.17) is 29.4 Å². The van der Waals surface area contributed by atoms with Crippen LogP contribution in [0.2, 0.25) is 0 Å². The molecule has 14 nitrogen and oxygen atoms in total. The highest BCUT2D eigenvalue weighted by molar-refractivity contribution is 6.38. The van der Waals surface area contributed by atoms with Crippen molar-refractivity contribution < 1.29 is 19.2 Å². The minimum atomic E-state index is -1.17. The molecule has 2 atom stereocenters. The third-order valence-electron chi connectivity index (χ3n) is 4.04. The Kier molecular flexibility index (Phi) is 14.0. The third-order valence-corrected chi connectivity index (χ3v) is 4.04. The molecule has 178 valence electrons. The number of rotatable bonds is 15. The first-order valence-electron chi connectivity index (χ1n) is 9.77. The summed E-state index contributed by atoms with van der Waals surface area (Å²) in [6.07, 6.45) is 6.32. The number of guanidine groups is 2. The van der Waals surface area contributed by atoms with Gasteiger partial charge < -0.3 is 38.9 Å². The van der Waals surface area contributed by atoms with E-state index < -0.39 is 42.1 Å². The second-order valence-electron chi connectivity index (χ2n) is 6.54. The van der Waals surface area contributed by atoms with Gasteiger partial charge >= 0.3 is 5.91 Å². The number of nitrogens with one attached hydrogen (secondary N) is 4. The van der Waals surface area contributed by atoms with E-state index in [0.717, 1.165) is 0 Å². The zero-order valence-corrected chi connectivity index (χ0v) is 18.0. The van der Waals surface area contributed by atoms with Crippen LogP contribution in [-0.4, -0.2) is 74.2 Å². The summed E-state index contributed by atoms with van der Waals surface area (Å²) in [5.74, 6) is -3.22. The maximum atomic E-state index is 12.3. The molecule has 0 aromatic heterocycles. The molecule has 0 bridgehead atoms. The zero-order chi connectivity index (χ0) is 24.5. The fourth-order valence-electron chi connectivity index (χ4n) is 2.50. The normalized spacial score (nSPS) is 11.8. The summed E-state index contributed by atoms with van der Waals surface area (Å²) in [6, 6.07) is 0.112. The summed E-state index contributed by atoms with van der Waals surface area (Å²) >= 11 is 0. The summed E-state index contributed by atoms with van der Waals surface area (Å²) in [4.78, 5) is 56.1. The van der Waals surface area contributed by atoms with E-state index in [-0.39, 0.29) is 24.9 Å². The molecule has 0 radical (unpaired) electrons. The SMILES string of the molecule is C#CNC(=O)C(=O)C(CCCN=C(N)N)NC(=O)CNC(=O)C(CCCN=C(N)N)NC. The number of aliphatic imine (C=N–C) groups is 2. The van der Waals surface area contributed by atoms with Crippen LogP contribution in [0.4, 0.5) is 0 Å². The van der Waals surface area contributed by atoms with Gasteiger partial charge in [-0.2, -0.15) is 0 Å². The molecule has 0 rings (SSSR count). The number of hydrogen-bond acceptors (Lipinski definition) is 7. The predicted molar refractivity (Wildman–Crippen MR) is 120 cm³/mol. The molecule has 0 aliphatic rings. The number of Topliss-reactive ketones (excluding diaryl/α,β-unsaturated/α-hetero) is 1. The van der Waals surface area contributed by atoms with Crippen molar-refractivity contribution in [2.45, 2.75) is 37.8 Å². The van der Waals surface area contributed by atoms with Crippen LogP contribution >= 0.6 is 0 Å². The summed E-state index contributed by atoms with van der Waals surface area (Å²) in [5, 5.41) is 9.64. The van der Waals surface area contributed by atoms with E-state index in [2.05, 4.69) is 25.9 Å². The Hall–Kier alpha value is -3.86. The van der Waals surface area contributed by atoms with Crippen LogP contribution in [0.5, 0.6) is 0 Å². The van der Waals surface area contributed by atoms with Crippen molar-refractivity contribution in [3.63, 3.8) is 0 Å². The first-order chi connectivity index (χ1) is 15.1. The van der Waals surface area contributed by atoms with Crippen LogP contribution in [0.3, 0.4) is 0 Å². The number of nitrogens with two attached hydrogens (primary N) is 4. The molecule has 0 heterocycles.